The van der Waals surface area contributed by atoms with E-state index in [-0.39, 0.29) is 17.6 Å². The Kier molecular flexibility index (Phi) is 5.84. The average molecular weight is 343 g/mol. The van der Waals surface area contributed by atoms with Crippen LogP contribution in [0.5, 0.6) is 0 Å². The maximum absolute atomic E-state index is 12.8. The predicted octanol–water partition coefficient (Wildman–Crippen LogP) is 1.37. The van der Waals surface area contributed by atoms with Crippen molar-refractivity contribution in [1.82, 2.24) is 9.62 Å². The average Bonchev–Trinajstić information content (AvgIpc) is 2.99. The molecule has 2 rings (SSSR count). The normalized spacial score (nSPS) is 27.8. The van der Waals surface area contributed by atoms with Crippen molar-refractivity contribution in [2.45, 2.75) is 70.4 Å². The van der Waals surface area contributed by atoms with Crippen LogP contribution in [-0.2, 0) is 19.6 Å². The second kappa shape index (κ2) is 7.30. The van der Waals surface area contributed by atoms with E-state index < -0.39 is 21.6 Å². The quantitative estimate of drug-likeness (QED) is 0.789. The molecule has 1 aliphatic carbocycles. The first-order valence-electron chi connectivity index (χ1n) is 8.57. The zero-order chi connectivity index (χ0) is 17.1. The molecule has 131 valence electrons. The van der Waals surface area contributed by atoms with Crippen molar-refractivity contribution in [3.63, 3.8) is 0 Å². The van der Waals surface area contributed by atoms with E-state index in [1.807, 2.05) is 0 Å². The number of nitrogens with zero attached hydrogens (tertiary/aromatic N) is 1. The van der Waals surface area contributed by atoms with Crippen LogP contribution in [0, 0.1) is 5.92 Å². The van der Waals surface area contributed by atoms with Crippen LogP contribution >= 0.6 is 0 Å². The number of likely N-dealkylation sites (tertiary alicyclic amines) is 1. The monoisotopic (exact) mass is 343 g/mol. The Balaban J connectivity index is 2.18. The summed E-state index contributed by atoms with van der Waals surface area (Å²) in [7, 11) is -3.46. The molecule has 1 saturated carbocycles. The van der Waals surface area contributed by atoms with Crippen molar-refractivity contribution in [3.05, 3.63) is 0 Å². The van der Waals surface area contributed by atoms with Crippen molar-refractivity contribution >= 4 is 22.2 Å². The molecule has 0 bridgehead atoms. The molecule has 7 heteroatoms. The molecule has 1 heterocycles. The summed E-state index contributed by atoms with van der Waals surface area (Å²) in [4.78, 5) is 26.2. The molecule has 23 heavy (non-hydrogen) atoms. The highest BCUT2D eigenvalue weighted by atomic mass is 32.2. The van der Waals surface area contributed by atoms with E-state index in [4.69, 9.17) is 0 Å². The standard InChI is InChI=1S/C16H27N2O4S/c1-3-23(21,22)17-13(2)15(20)18-11-7-10-16(18,12-19)14-8-5-4-6-9-14/h13-14,17H,3-11H2,1-2H3/t13-,16-/m0/s1. The van der Waals surface area contributed by atoms with Gasteiger partial charge in [-0.2, -0.15) is 0 Å². The van der Waals surface area contributed by atoms with Gasteiger partial charge in [-0.1, -0.05) is 19.3 Å². The molecule has 1 aliphatic heterocycles. The summed E-state index contributed by atoms with van der Waals surface area (Å²) in [5.74, 6) is -0.235. The minimum atomic E-state index is -3.46. The second-order valence-electron chi connectivity index (χ2n) is 6.70. The summed E-state index contributed by atoms with van der Waals surface area (Å²) in [6.07, 6.45) is 8.80. The van der Waals surface area contributed by atoms with Gasteiger partial charge in [-0.05, 0) is 45.4 Å². The number of sulfonamides is 1. The van der Waals surface area contributed by atoms with Crippen LogP contribution in [0.15, 0.2) is 0 Å². The van der Waals surface area contributed by atoms with Crippen molar-refractivity contribution in [1.29, 1.82) is 0 Å². The van der Waals surface area contributed by atoms with E-state index in [0.717, 1.165) is 32.1 Å². The number of carbonyl (C=O) groups excluding carboxylic acids is 2. The predicted molar refractivity (Wildman–Crippen MR) is 88.0 cm³/mol. The van der Waals surface area contributed by atoms with Crippen LogP contribution in [0.2, 0.25) is 0 Å². The lowest BCUT2D eigenvalue weighted by Crippen LogP contribution is -2.58. The number of hydrogen-bond donors (Lipinski definition) is 1. The van der Waals surface area contributed by atoms with Crippen LogP contribution in [-0.4, -0.2) is 49.4 Å². The molecule has 0 aromatic heterocycles. The number of rotatable bonds is 6. The molecule has 0 unspecified atom stereocenters. The van der Waals surface area contributed by atoms with Crippen molar-refractivity contribution in [2.75, 3.05) is 12.3 Å². The molecule has 1 amide bonds. The molecule has 6 nitrogen and oxygen atoms in total. The number of carbonyl (C=O) groups is 1. The molecule has 1 N–H and O–H groups in total. The van der Waals surface area contributed by atoms with Crippen LogP contribution in [0.25, 0.3) is 0 Å². The third kappa shape index (κ3) is 3.76. The van der Waals surface area contributed by atoms with Crippen molar-refractivity contribution < 1.29 is 18.0 Å². The van der Waals surface area contributed by atoms with Crippen LogP contribution < -0.4 is 4.72 Å². The Morgan fingerprint density at radius 2 is 1.96 bits per heavy atom. The van der Waals surface area contributed by atoms with Crippen LogP contribution in [0.4, 0.5) is 0 Å². The highest BCUT2D eigenvalue weighted by Crippen LogP contribution is 2.42. The highest BCUT2D eigenvalue weighted by molar-refractivity contribution is 7.89. The zero-order valence-electron chi connectivity index (χ0n) is 14.0. The van der Waals surface area contributed by atoms with Gasteiger partial charge in [0.05, 0.1) is 11.8 Å². The lowest BCUT2D eigenvalue weighted by atomic mass is 9.73. The van der Waals surface area contributed by atoms with Crippen molar-refractivity contribution in [2.24, 2.45) is 5.92 Å². The molecule has 1 radical (unpaired) electrons. The summed E-state index contributed by atoms with van der Waals surface area (Å²) in [6.45, 7) is 3.58. The van der Waals surface area contributed by atoms with E-state index in [1.165, 1.54) is 13.3 Å². The smallest absolute Gasteiger partial charge is 0.241 e. The molecule has 0 spiro atoms. The Morgan fingerprint density at radius 3 is 2.52 bits per heavy atom. The second-order valence-corrected chi connectivity index (χ2v) is 8.74. The topological polar surface area (TPSA) is 83.6 Å². The molecule has 1 saturated heterocycles. The zero-order valence-corrected chi connectivity index (χ0v) is 14.8. The third-order valence-electron chi connectivity index (χ3n) is 5.25. The summed E-state index contributed by atoms with van der Waals surface area (Å²) < 4.78 is 25.8. The van der Waals surface area contributed by atoms with Gasteiger partial charge in [0.25, 0.3) is 0 Å². The molecular formula is C16H27N2O4S. The first-order chi connectivity index (χ1) is 10.9. The first kappa shape index (κ1) is 18.4. The largest absolute Gasteiger partial charge is 0.328 e. The number of nitrogens with one attached hydrogen (secondary N) is 1. The van der Waals surface area contributed by atoms with E-state index in [1.54, 1.807) is 11.8 Å². The summed E-state index contributed by atoms with van der Waals surface area (Å²) >= 11 is 0. The summed E-state index contributed by atoms with van der Waals surface area (Å²) in [6, 6.07) is -0.852. The van der Waals surface area contributed by atoms with E-state index in [2.05, 4.69) is 11.0 Å². The fourth-order valence-electron chi connectivity index (χ4n) is 3.98. The van der Waals surface area contributed by atoms with Gasteiger partial charge >= 0.3 is 0 Å². The fraction of sp³-hybridized carbons (Fsp3) is 0.875. The molecule has 0 aromatic rings. The van der Waals surface area contributed by atoms with Gasteiger partial charge < -0.3 is 4.90 Å². The van der Waals surface area contributed by atoms with E-state index >= 15 is 0 Å². The molecule has 2 aliphatic rings. The Morgan fingerprint density at radius 1 is 1.30 bits per heavy atom. The maximum atomic E-state index is 12.8. The molecule has 2 atom stereocenters. The summed E-state index contributed by atoms with van der Waals surface area (Å²) in [5.41, 5.74) is -0.858. The lowest BCUT2D eigenvalue weighted by Gasteiger charge is -2.42. The highest BCUT2D eigenvalue weighted by Gasteiger charge is 2.50. The van der Waals surface area contributed by atoms with Gasteiger partial charge in [0.1, 0.15) is 5.54 Å². The SMILES string of the molecule is CCS(=O)(=O)N[C@@H](C)C(=O)N1CCC[C@]1([C]=O)C1CCCCC1. The minimum Gasteiger partial charge on any atom is -0.328 e. The van der Waals surface area contributed by atoms with E-state index in [0.29, 0.717) is 13.0 Å². The van der Waals surface area contributed by atoms with Gasteiger partial charge in [-0.3, -0.25) is 9.59 Å². The van der Waals surface area contributed by atoms with Gasteiger partial charge in [-0.25, -0.2) is 13.1 Å². The fourth-order valence-corrected chi connectivity index (χ4v) is 4.79. The maximum Gasteiger partial charge on any atom is 0.241 e. The van der Waals surface area contributed by atoms with E-state index in [9.17, 15) is 18.0 Å². The van der Waals surface area contributed by atoms with Gasteiger partial charge in [0, 0.05) is 6.54 Å². The Bertz CT molecular complexity index is 542. The Hall–Kier alpha value is -0.950. The van der Waals surface area contributed by atoms with Crippen molar-refractivity contribution in [3.8, 4) is 0 Å². The van der Waals surface area contributed by atoms with Gasteiger partial charge in [-0.15, -0.1) is 0 Å². The van der Waals surface area contributed by atoms with Gasteiger partial charge in [0.15, 0.2) is 0 Å². The van der Waals surface area contributed by atoms with Crippen LogP contribution in [0.1, 0.15) is 58.8 Å². The summed E-state index contributed by atoms with van der Waals surface area (Å²) in [5, 5.41) is 0. The van der Waals surface area contributed by atoms with Gasteiger partial charge in [0.2, 0.25) is 22.2 Å². The molecule has 2 fully saturated rings. The minimum absolute atomic E-state index is 0.0712. The number of amides is 1. The molecule has 0 aromatic carbocycles. The van der Waals surface area contributed by atoms with Crippen LogP contribution in [0.3, 0.4) is 0 Å². The molecular weight excluding hydrogens is 316 g/mol. The first-order valence-corrected chi connectivity index (χ1v) is 10.2. The number of hydrogen-bond acceptors (Lipinski definition) is 4. The Labute approximate surface area is 139 Å². The lowest BCUT2D eigenvalue weighted by molar-refractivity contribution is -0.136. The third-order valence-corrected chi connectivity index (χ3v) is 6.72.